The van der Waals surface area contributed by atoms with Crippen LogP contribution in [0.5, 0.6) is 5.75 Å². The summed E-state index contributed by atoms with van der Waals surface area (Å²) in [4.78, 5) is 20.8. The first-order valence-corrected chi connectivity index (χ1v) is 8.70. The van der Waals surface area contributed by atoms with Crippen molar-refractivity contribution in [2.45, 2.75) is 13.5 Å². The number of hydrogen-bond donors (Lipinski definition) is 2. The molecule has 0 radical (unpaired) electrons. The maximum atomic E-state index is 12.4. The fourth-order valence-electron chi connectivity index (χ4n) is 2.36. The van der Waals surface area contributed by atoms with Gasteiger partial charge >= 0.3 is 0 Å². The Morgan fingerprint density at radius 1 is 1.15 bits per heavy atom. The number of anilines is 2. The number of halogens is 1. The Labute approximate surface area is 162 Å². The van der Waals surface area contributed by atoms with E-state index in [4.69, 9.17) is 16.3 Å². The van der Waals surface area contributed by atoms with E-state index in [9.17, 15) is 4.79 Å². The predicted octanol–water partition coefficient (Wildman–Crippen LogP) is 4.12. The molecule has 0 aliphatic heterocycles. The molecule has 0 aliphatic rings. The van der Waals surface area contributed by atoms with Gasteiger partial charge in [-0.3, -0.25) is 4.79 Å². The van der Waals surface area contributed by atoms with Gasteiger partial charge in [-0.2, -0.15) is 0 Å². The summed E-state index contributed by atoms with van der Waals surface area (Å²) in [6.07, 6.45) is 1.54. The van der Waals surface area contributed by atoms with E-state index in [-0.39, 0.29) is 11.6 Å². The maximum Gasteiger partial charge on any atom is 0.270 e. The first-order chi connectivity index (χ1) is 13.0. The smallest absolute Gasteiger partial charge is 0.270 e. The monoisotopic (exact) mass is 382 g/mol. The van der Waals surface area contributed by atoms with Crippen molar-refractivity contribution in [1.29, 1.82) is 0 Å². The third-order valence-corrected chi connectivity index (χ3v) is 4.34. The van der Waals surface area contributed by atoms with Crippen LogP contribution in [0.15, 0.2) is 54.7 Å². The number of hydrogen-bond acceptors (Lipinski definition) is 5. The van der Waals surface area contributed by atoms with Crippen LogP contribution in [0.3, 0.4) is 0 Å². The van der Waals surface area contributed by atoms with Crippen molar-refractivity contribution >= 4 is 29.1 Å². The minimum absolute atomic E-state index is 0.277. The third-order valence-electron chi connectivity index (χ3n) is 3.93. The molecule has 0 unspecified atom stereocenters. The van der Waals surface area contributed by atoms with Gasteiger partial charge in [-0.25, -0.2) is 9.97 Å². The number of amides is 1. The van der Waals surface area contributed by atoms with E-state index in [0.29, 0.717) is 17.5 Å². The summed E-state index contributed by atoms with van der Waals surface area (Å²) in [6.45, 7) is 2.32. The zero-order chi connectivity index (χ0) is 19.2. The van der Waals surface area contributed by atoms with Gasteiger partial charge in [-0.15, -0.1) is 0 Å². The molecule has 0 saturated carbocycles. The van der Waals surface area contributed by atoms with Crippen LogP contribution in [0.2, 0.25) is 5.02 Å². The maximum absolute atomic E-state index is 12.4. The Morgan fingerprint density at radius 2 is 1.93 bits per heavy atom. The van der Waals surface area contributed by atoms with E-state index in [1.54, 1.807) is 19.2 Å². The third kappa shape index (κ3) is 4.95. The molecule has 7 heteroatoms. The number of benzene rings is 2. The highest BCUT2D eigenvalue weighted by Gasteiger charge is 2.09. The average Bonchev–Trinajstić information content (AvgIpc) is 2.69. The summed E-state index contributed by atoms with van der Waals surface area (Å²) in [6, 6.07) is 14.6. The molecular weight excluding hydrogens is 364 g/mol. The van der Waals surface area contributed by atoms with Gasteiger partial charge in [0.05, 0.1) is 7.11 Å². The minimum Gasteiger partial charge on any atom is -0.497 e. The summed E-state index contributed by atoms with van der Waals surface area (Å²) < 4.78 is 5.12. The molecule has 2 N–H and O–H groups in total. The molecule has 0 fully saturated rings. The summed E-state index contributed by atoms with van der Waals surface area (Å²) in [5, 5.41) is 6.54. The summed E-state index contributed by atoms with van der Waals surface area (Å²) >= 11 is 6.13. The molecule has 0 bridgehead atoms. The van der Waals surface area contributed by atoms with Crippen molar-refractivity contribution in [3.63, 3.8) is 0 Å². The van der Waals surface area contributed by atoms with Crippen molar-refractivity contribution in [2.75, 3.05) is 12.4 Å². The van der Waals surface area contributed by atoms with Crippen molar-refractivity contribution in [2.24, 2.45) is 0 Å². The number of aromatic nitrogens is 2. The van der Waals surface area contributed by atoms with E-state index in [1.165, 1.54) is 6.20 Å². The highest BCUT2D eigenvalue weighted by atomic mass is 35.5. The lowest BCUT2D eigenvalue weighted by Crippen LogP contribution is -2.24. The van der Waals surface area contributed by atoms with Crippen LogP contribution >= 0.6 is 11.6 Å². The Bertz CT molecular complexity index is 945. The SMILES string of the molecule is COc1ccc(CNC(=O)c2ccnc(Nc3ccc(C)c(Cl)c3)n2)cc1. The molecule has 1 amide bonds. The van der Waals surface area contributed by atoms with Crippen LogP contribution in [0.4, 0.5) is 11.6 Å². The van der Waals surface area contributed by atoms with E-state index < -0.39 is 0 Å². The van der Waals surface area contributed by atoms with Gasteiger partial charge in [-0.05, 0) is 48.4 Å². The normalized spacial score (nSPS) is 10.3. The molecule has 1 heterocycles. The van der Waals surface area contributed by atoms with Gasteiger partial charge in [0.2, 0.25) is 5.95 Å². The van der Waals surface area contributed by atoms with Gasteiger partial charge in [-0.1, -0.05) is 29.8 Å². The number of carbonyl (C=O) groups is 1. The van der Waals surface area contributed by atoms with Crippen LogP contribution in [0.1, 0.15) is 21.6 Å². The molecule has 3 rings (SSSR count). The number of nitrogens with one attached hydrogen (secondary N) is 2. The fourth-order valence-corrected chi connectivity index (χ4v) is 2.54. The second kappa shape index (κ2) is 8.51. The Balaban J connectivity index is 1.64. The summed E-state index contributed by atoms with van der Waals surface area (Å²) in [5.74, 6) is 0.818. The van der Waals surface area contributed by atoms with Crippen molar-refractivity contribution in [1.82, 2.24) is 15.3 Å². The van der Waals surface area contributed by atoms with Crippen LogP contribution in [0, 0.1) is 6.92 Å². The number of nitrogens with zero attached hydrogens (tertiary/aromatic N) is 2. The first-order valence-electron chi connectivity index (χ1n) is 8.32. The highest BCUT2D eigenvalue weighted by Crippen LogP contribution is 2.21. The highest BCUT2D eigenvalue weighted by molar-refractivity contribution is 6.31. The standard InChI is InChI=1S/C20H19ClN4O2/c1-13-3-6-15(11-17(13)21)24-20-22-10-9-18(25-20)19(26)23-12-14-4-7-16(27-2)8-5-14/h3-11H,12H2,1-2H3,(H,23,26)(H,22,24,25). The van der Waals surface area contributed by atoms with Crippen molar-refractivity contribution < 1.29 is 9.53 Å². The van der Waals surface area contributed by atoms with E-state index in [1.807, 2.05) is 43.3 Å². The van der Waals surface area contributed by atoms with Crippen LogP contribution in [-0.2, 0) is 6.54 Å². The Morgan fingerprint density at radius 3 is 2.63 bits per heavy atom. The molecule has 0 aliphatic carbocycles. The van der Waals surface area contributed by atoms with Gasteiger partial charge < -0.3 is 15.4 Å². The molecule has 0 atom stereocenters. The van der Waals surface area contributed by atoms with Crippen molar-refractivity contribution in [3.05, 3.63) is 76.6 Å². The second-order valence-corrected chi connectivity index (χ2v) is 6.29. The van der Waals surface area contributed by atoms with E-state index >= 15 is 0 Å². The van der Waals surface area contributed by atoms with E-state index in [2.05, 4.69) is 20.6 Å². The lowest BCUT2D eigenvalue weighted by molar-refractivity contribution is 0.0946. The molecule has 0 saturated heterocycles. The molecule has 0 spiro atoms. The van der Waals surface area contributed by atoms with Gasteiger partial charge in [0, 0.05) is 23.5 Å². The summed E-state index contributed by atoms with van der Waals surface area (Å²) in [5.41, 5.74) is 2.97. The summed E-state index contributed by atoms with van der Waals surface area (Å²) in [7, 11) is 1.61. The largest absolute Gasteiger partial charge is 0.497 e. The van der Waals surface area contributed by atoms with Crippen LogP contribution in [-0.4, -0.2) is 23.0 Å². The molecule has 2 aromatic carbocycles. The first kappa shape index (κ1) is 18.7. The minimum atomic E-state index is -0.279. The zero-order valence-corrected chi connectivity index (χ0v) is 15.7. The van der Waals surface area contributed by atoms with Crippen LogP contribution < -0.4 is 15.4 Å². The fraction of sp³-hybridized carbons (Fsp3) is 0.150. The zero-order valence-electron chi connectivity index (χ0n) is 15.0. The molecule has 3 aromatic rings. The topological polar surface area (TPSA) is 76.1 Å². The number of aryl methyl sites for hydroxylation is 1. The van der Waals surface area contributed by atoms with Gasteiger partial charge in [0.1, 0.15) is 11.4 Å². The quantitative estimate of drug-likeness (QED) is 0.670. The molecule has 27 heavy (non-hydrogen) atoms. The van der Waals surface area contributed by atoms with Crippen LogP contribution in [0.25, 0.3) is 0 Å². The number of rotatable bonds is 6. The number of ether oxygens (including phenoxy) is 1. The second-order valence-electron chi connectivity index (χ2n) is 5.89. The predicted molar refractivity (Wildman–Crippen MR) is 106 cm³/mol. The lowest BCUT2D eigenvalue weighted by Gasteiger charge is -2.09. The van der Waals surface area contributed by atoms with Gasteiger partial charge in [0.25, 0.3) is 5.91 Å². The Hall–Kier alpha value is -3.12. The lowest BCUT2D eigenvalue weighted by atomic mass is 10.2. The number of carbonyl (C=O) groups excluding carboxylic acids is 1. The number of methoxy groups -OCH3 is 1. The van der Waals surface area contributed by atoms with Gasteiger partial charge in [0.15, 0.2) is 0 Å². The molecule has 6 nitrogen and oxygen atoms in total. The molecular formula is C20H19ClN4O2. The van der Waals surface area contributed by atoms with E-state index in [0.717, 1.165) is 22.6 Å². The Kier molecular flexibility index (Phi) is 5.88. The average molecular weight is 383 g/mol. The molecule has 1 aromatic heterocycles. The van der Waals surface area contributed by atoms with Crippen molar-refractivity contribution in [3.8, 4) is 5.75 Å². The molecule has 138 valence electrons.